The first-order valence-corrected chi connectivity index (χ1v) is 4.72. The number of para-hydroxylation sites is 1. The van der Waals surface area contributed by atoms with E-state index in [2.05, 4.69) is 4.99 Å². The van der Waals surface area contributed by atoms with Gasteiger partial charge in [-0.3, -0.25) is 4.79 Å². The van der Waals surface area contributed by atoms with Crippen LogP contribution in [0.5, 0.6) is 5.75 Å². The van der Waals surface area contributed by atoms with E-state index in [0.717, 1.165) is 5.56 Å². The number of esters is 1. The van der Waals surface area contributed by atoms with Crippen molar-refractivity contribution in [2.45, 2.75) is 6.92 Å². The highest BCUT2D eigenvalue weighted by molar-refractivity contribution is 5.98. The zero-order chi connectivity index (χ0) is 10.7. The summed E-state index contributed by atoms with van der Waals surface area (Å²) in [7, 11) is 0. The van der Waals surface area contributed by atoms with Crippen molar-refractivity contribution in [3.63, 3.8) is 0 Å². The third-order valence-corrected chi connectivity index (χ3v) is 1.96. The van der Waals surface area contributed by atoms with Crippen molar-refractivity contribution >= 4 is 11.9 Å². The Hall–Kier alpha value is -1.84. The van der Waals surface area contributed by atoms with Crippen molar-refractivity contribution in [3.05, 3.63) is 29.8 Å². The summed E-state index contributed by atoms with van der Waals surface area (Å²) in [5.41, 5.74) is 0.727. The van der Waals surface area contributed by atoms with Crippen LogP contribution in [0.25, 0.3) is 0 Å². The minimum Gasteiger partial charge on any atom is -0.475 e. The summed E-state index contributed by atoms with van der Waals surface area (Å²) in [5, 5.41) is 0. The van der Waals surface area contributed by atoms with Gasteiger partial charge in [-0.15, -0.1) is 0 Å². The molecule has 0 spiro atoms. The van der Waals surface area contributed by atoms with Crippen LogP contribution >= 0.6 is 0 Å². The molecule has 15 heavy (non-hydrogen) atoms. The predicted octanol–water partition coefficient (Wildman–Crippen LogP) is 1.39. The van der Waals surface area contributed by atoms with Gasteiger partial charge in [0.05, 0.1) is 12.1 Å². The number of nitrogens with zero attached hydrogens (tertiary/aromatic N) is 1. The molecular formula is C11H11NO3. The molecule has 0 saturated heterocycles. The van der Waals surface area contributed by atoms with Crippen LogP contribution in [0.2, 0.25) is 0 Å². The number of carbonyl (C=O) groups is 1. The zero-order valence-electron chi connectivity index (χ0n) is 8.40. The Morgan fingerprint density at radius 3 is 2.93 bits per heavy atom. The Labute approximate surface area is 87.5 Å². The molecule has 4 nitrogen and oxygen atoms in total. The van der Waals surface area contributed by atoms with E-state index in [1.54, 1.807) is 12.1 Å². The standard InChI is InChI=1S/C11H11NO3/c1-8(13)15-10-5-3-2-4-9(10)11-12-6-7-14-11/h2-5H,6-7H2,1H3. The molecule has 0 fully saturated rings. The lowest BCUT2D eigenvalue weighted by atomic mass is 10.2. The van der Waals surface area contributed by atoms with E-state index in [-0.39, 0.29) is 5.97 Å². The van der Waals surface area contributed by atoms with Crippen LogP contribution in [0, 0.1) is 0 Å². The number of carbonyl (C=O) groups excluding carboxylic acids is 1. The largest absolute Gasteiger partial charge is 0.475 e. The van der Waals surface area contributed by atoms with E-state index < -0.39 is 0 Å². The lowest BCUT2D eigenvalue weighted by molar-refractivity contribution is -0.131. The van der Waals surface area contributed by atoms with Gasteiger partial charge in [0, 0.05) is 6.92 Å². The second kappa shape index (κ2) is 4.13. The molecule has 0 aliphatic carbocycles. The molecular weight excluding hydrogens is 194 g/mol. The van der Waals surface area contributed by atoms with Gasteiger partial charge in [-0.25, -0.2) is 4.99 Å². The molecule has 0 unspecified atom stereocenters. The predicted molar refractivity (Wildman–Crippen MR) is 55.1 cm³/mol. The summed E-state index contributed by atoms with van der Waals surface area (Å²) in [5.74, 6) is 0.693. The SMILES string of the molecule is CC(=O)Oc1ccccc1C1=NCCO1. The van der Waals surface area contributed by atoms with Crippen LogP contribution in [0.4, 0.5) is 0 Å². The molecule has 0 N–H and O–H groups in total. The van der Waals surface area contributed by atoms with Crippen LogP contribution in [0.3, 0.4) is 0 Å². The van der Waals surface area contributed by atoms with E-state index >= 15 is 0 Å². The second-order valence-electron chi connectivity index (χ2n) is 3.13. The zero-order valence-corrected chi connectivity index (χ0v) is 8.40. The molecule has 0 saturated carbocycles. The fourth-order valence-corrected chi connectivity index (χ4v) is 1.39. The van der Waals surface area contributed by atoms with Crippen molar-refractivity contribution in [3.8, 4) is 5.75 Å². The van der Waals surface area contributed by atoms with Gasteiger partial charge in [-0.1, -0.05) is 12.1 Å². The maximum Gasteiger partial charge on any atom is 0.308 e. The van der Waals surface area contributed by atoms with Gasteiger partial charge in [-0.2, -0.15) is 0 Å². The Kier molecular flexibility index (Phi) is 2.67. The molecule has 1 aliphatic heterocycles. The minimum absolute atomic E-state index is 0.346. The van der Waals surface area contributed by atoms with Crippen molar-refractivity contribution in [1.29, 1.82) is 0 Å². The van der Waals surface area contributed by atoms with Crippen LogP contribution in [0.1, 0.15) is 12.5 Å². The smallest absolute Gasteiger partial charge is 0.308 e. The van der Waals surface area contributed by atoms with Gasteiger partial charge in [0.25, 0.3) is 0 Å². The number of hydrogen-bond donors (Lipinski definition) is 0. The fourth-order valence-electron chi connectivity index (χ4n) is 1.39. The van der Waals surface area contributed by atoms with Crippen LogP contribution < -0.4 is 4.74 Å². The minimum atomic E-state index is -0.346. The van der Waals surface area contributed by atoms with Crippen LogP contribution in [-0.2, 0) is 9.53 Å². The van der Waals surface area contributed by atoms with E-state index in [1.165, 1.54) is 6.92 Å². The average molecular weight is 205 g/mol. The van der Waals surface area contributed by atoms with E-state index in [4.69, 9.17) is 9.47 Å². The third kappa shape index (κ3) is 2.15. The average Bonchev–Trinajstić information content (AvgIpc) is 2.70. The summed E-state index contributed by atoms with van der Waals surface area (Å²) in [4.78, 5) is 15.1. The highest BCUT2D eigenvalue weighted by atomic mass is 16.5. The monoisotopic (exact) mass is 205 g/mol. The molecule has 0 radical (unpaired) electrons. The van der Waals surface area contributed by atoms with Gasteiger partial charge in [0.15, 0.2) is 0 Å². The van der Waals surface area contributed by atoms with E-state index in [1.807, 2.05) is 12.1 Å². The van der Waals surface area contributed by atoms with Crippen molar-refractivity contribution in [2.75, 3.05) is 13.2 Å². The fraction of sp³-hybridized carbons (Fsp3) is 0.273. The molecule has 4 heteroatoms. The Bertz CT molecular complexity index is 412. The summed E-state index contributed by atoms with van der Waals surface area (Å²) < 4.78 is 10.4. The third-order valence-electron chi connectivity index (χ3n) is 1.96. The number of aliphatic imine (C=N–C) groups is 1. The first kappa shape index (κ1) is 9.71. The molecule has 1 aromatic carbocycles. The second-order valence-corrected chi connectivity index (χ2v) is 3.13. The topological polar surface area (TPSA) is 47.9 Å². The van der Waals surface area contributed by atoms with Gasteiger partial charge >= 0.3 is 5.97 Å². The highest BCUT2D eigenvalue weighted by Gasteiger charge is 2.15. The molecule has 2 rings (SSSR count). The molecule has 1 aliphatic rings. The summed E-state index contributed by atoms with van der Waals surface area (Å²) in [6.07, 6.45) is 0. The van der Waals surface area contributed by atoms with Crippen molar-refractivity contribution < 1.29 is 14.3 Å². The molecule has 0 bridgehead atoms. The number of hydrogen-bond acceptors (Lipinski definition) is 4. The van der Waals surface area contributed by atoms with Gasteiger partial charge in [0.1, 0.15) is 12.4 Å². The number of benzene rings is 1. The summed E-state index contributed by atoms with van der Waals surface area (Å²) in [6.45, 7) is 2.61. The maximum atomic E-state index is 10.9. The quantitative estimate of drug-likeness (QED) is 0.541. The molecule has 1 aromatic rings. The summed E-state index contributed by atoms with van der Waals surface area (Å²) >= 11 is 0. The van der Waals surface area contributed by atoms with Crippen molar-refractivity contribution in [2.24, 2.45) is 4.99 Å². The molecule has 1 heterocycles. The Morgan fingerprint density at radius 2 is 2.27 bits per heavy atom. The first-order valence-electron chi connectivity index (χ1n) is 4.72. The highest BCUT2D eigenvalue weighted by Crippen LogP contribution is 2.21. The van der Waals surface area contributed by atoms with Gasteiger partial charge in [-0.05, 0) is 12.1 Å². The molecule has 0 aromatic heterocycles. The Balaban J connectivity index is 2.33. The van der Waals surface area contributed by atoms with Crippen molar-refractivity contribution in [1.82, 2.24) is 0 Å². The lowest BCUT2D eigenvalue weighted by Crippen LogP contribution is -2.08. The van der Waals surface area contributed by atoms with Gasteiger partial charge in [0.2, 0.25) is 5.90 Å². The molecule has 78 valence electrons. The first-order chi connectivity index (χ1) is 7.27. The van der Waals surface area contributed by atoms with Gasteiger partial charge < -0.3 is 9.47 Å². The number of ether oxygens (including phenoxy) is 2. The van der Waals surface area contributed by atoms with Crippen LogP contribution in [0.15, 0.2) is 29.3 Å². The summed E-state index contributed by atoms with van der Waals surface area (Å²) in [6, 6.07) is 7.20. The lowest BCUT2D eigenvalue weighted by Gasteiger charge is -2.07. The normalized spacial score (nSPS) is 14.3. The maximum absolute atomic E-state index is 10.9. The number of rotatable bonds is 2. The Morgan fingerprint density at radius 1 is 1.47 bits per heavy atom. The molecule has 0 amide bonds. The van der Waals surface area contributed by atoms with E-state index in [9.17, 15) is 4.79 Å². The van der Waals surface area contributed by atoms with Crippen LogP contribution in [-0.4, -0.2) is 25.0 Å². The molecule has 0 atom stereocenters. The van der Waals surface area contributed by atoms with E-state index in [0.29, 0.717) is 24.8 Å².